The molecular weight excluding hydrogens is 172 g/mol. The molecule has 0 amide bonds. The summed E-state index contributed by atoms with van der Waals surface area (Å²) in [5.41, 5.74) is 0. The molecule has 66 valence electrons. The fourth-order valence-corrected chi connectivity index (χ4v) is 1.94. The number of thiazole rings is 1. The minimum absolute atomic E-state index is 0.169. The molecule has 1 saturated heterocycles. The first-order valence-electron chi connectivity index (χ1n) is 4.21. The summed E-state index contributed by atoms with van der Waals surface area (Å²) in [7, 11) is 0. The van der Waals surface area contributed by atoms with Gasteiger partial charge in [0.15, 0.2) is 0 Å². The molecule has 0 bridgehead atoms. The summed E-state index contributed by atoms with van der Waals surface area (Å²) >= 11 is 1.27. The average molecular weight is 184 g/mol. The highest BCUT2D eigenvalue weighted by atomic mass is 32.1. The molecule has 2 rings (SSSR count). The van der Waals surface area contributed by atoms with Gasteiger partial charge in [-0.3, -0.25) is 4.79 Å². The Morgan fingerprint density at radius 2 is 2.50 bits per heavy atom. The number of hydrogen-bond acceptors (Lipinski definition) is 3. The smallest absolute Gasteiger partial charge is 0.307 e. The van der Waals surface area contributed by atoms with E-state index >= 15 is 0 Å². The molecule has 1 aromatic heterocycles. The zero-order valence-corrected chi connectivity index (χ0v) is 7.64. The monoisotopic (exact) mass is 184 g/mol. The number of aryl methyl sites for hydroxylation is 1. The van der Waals surface area contributed by atoms with Crippen LogP contribution in [0.3, 0.4) is 0 Å². The van der Waals surface area contributed by atoms with Gasteiger partial charge in [-0.25, -0.2) is 0 Å². The Morgan fingerprint density at radius 3 is 3.00 bits per heavy atom. The Bertz CT molecular complexity index is 300. The van der Waals surface area contributed by atoms with Crippen LogP contribution < -0.4 is 10.2 Å². The molecule has 12 heavy (non-hydrogen) atoms. The zero-order valence-electron chi connectivity index (χ0n) is 6.82. The van der Waals surface area contributed by atoms with Gasteiger partial charge in [-0.05, 0) is 25.4 Å². The van der Waals surface area contributed by atoms with Crippen LogP contribution in [0, 0.1) is 5.92 Å². The van der Waals surface area contributed by atoms with Crippen molar-refractivity contribution in [3.05, 3.63) is 21.2 Å². The van der Waals surface area contributed by atoms with Gasteiger partial charge in [-0.2, -0.15) is 0 Å². The molecule has 0 saturated carbocycles. The van der Waals surface area contributed by atoms with Crippen LogP contribution in [0.15, 0.2) is 16.4 Å². The molecule has 2 heterocycles. The minimum Gasteiger partial charge on any atom is -0.316 e. The van der Waals surface area contributed by atoms with Crippen molar-refractivity contribution in [2.24, 2.45) is 5.92 Å². The van der Waals surface area contributed by atoms with Crippen molar-refractivity contribution in [2.45, 2.75) is 13.0 Å². The third-order valence-corrected chi connectivity index (χ3v) is 2.98. The van der Waals surface area contributed by atoms with Crippen LogP contribution in [-0.2, 0) is 6.54 Å². The first-order valence-corrected chi connectivity index (χ1v) is 5.09. The standard InChI is InChI=1S/C8H12N2OS/c11-8-10(3-4-12-8)2-1-7-5-9-6-7/h3-4,7,9H,1-2,5-6H2. The molecule has 0 atom stereocenters. The molecule has 1 aliphatic rings. The molecule has 4 heteroatoms. The normalized spacial score (nSPS) is 17.7. The van der Waals surface area contributed by atoms with Crippen molar-refractivity contribution in [1.82, 2.24) is 9.88 Å². The summed E-state index contributed by atoms with van der Waals surface area (Å²) in [4.78, 5) is 11.3. The summed E-state index contributed by atoms with van der Waals surface area (Å²) in [5.74, 6) is 0.789. The molecule has 1 aromatic rings. The highest BCUT2D eigenvalue weighted by molar-refractivity contribution is 7.07. The van der Waals surface area contributed by atoms with E-state index in [4.69, 9.17) is 0 Å². The zero-order chi connectivity index (χ0) is 8.39. The first-order chi connectivity index (χ1) is 5.86. The van der Waals surface area contributed by atoms with Gasteiger partial charge in [0.25, 0.3) is 0 Å². The Hall–Kier alpha value is -0.610. The van der Waals surface area contributed by atoms with E-state index in [9.17, 15) is 4.79 Å². The van der Waals surface area contributed by atoms with Gasteiger partial charge in [0.05, 0.1) is 0 Å². The van der Waals surface area contributed by atoms with Crippen LogP contribution in [-0.4, -0.2) is 17.7 Å². The number of aromatic nitrogens is 1. The van der Waals surface area contributed by atoms with E-state index in [1.807, 2.05) is 11.6 Å². The number of nitrogens with one attached hydrogen (secondary N) is 1. The van der Waals surface area contributed by atoms with Crippen LogP contribution in [0.5, 0.6) is 0 Å². The SMILES string of the molecule is O=c1sccn1CCC1CNC1. The van der Waals surface area contributed by atoms with Gasteiger partial charge in [0, 0.05) is 18.1 Å². The van der Waals surface area contributed by atoms with Crippen molar-refractivity contribution >= 4 is 11.3 Å². The third kappa shape index (κ3) is 1.59. The lowest BCUT2D eigenvalue weighted by Gasteiger charge is -2.26. The molecule has 0 radical (unpaired) electrons. The van der Waals surface area contributed by atoms with Crippen molar-refractivity contribution in [2.75, 3.05) is 13.1 Å². The predicted octanol–water partition coefficient (Wildman–Crippen LogP) is 0.519. The maximum Gasteiger partial charge on any atom is 0.307 e. The number of hydrogen-bond donors (Lipinski definition) is 1. The summed E-state index contributed by atoms with van der Waals surface area (Å²) in [6.07, 6.45) is 3.00. The predicted molar refractivity (Wildman–Crippen MR) is 49.6 cm³/mol. The van der Waals surface area contributed by atoms with Gasteiger partial charge in [0.2, 0.25) is 0 Å². The van der Waals surface area contributed by atoms with E-state index in [1.165, 1.54) is 11.3 Å². The summed E-state index contributed by atoms with van der Waals surface area (Å²) < 4.78 is 1.79. The molecular formula is C8H12N2OS. The highest BCUT2D eigenvalue weighted by Gasteiger charge is 2.16. The Morgan fingerprint density at radius 1 is 1.67 bits per heavy atom. The molecule has 1 aliphatic heterocycles. The molecule has 1 fully saturated rings. The topological polar surface area (TPSA) is 34.0 Å². The van der Waals surface area contributed by atoms with Crippen molar-refractivity contribution < 1.29 is 0 Å². The second kappa shape index (κ2) is 3.41. The van der Waals surface area contributed by atoms with E-state index in [1.54, 1.807) is 4.57 Å². The van der Waals surface area contributed by atoms with Crippen molar-refractivity contribution in [3.63, 3.8) is 0 Å². The van der Waals surface area contributed by atoms with Crippen LogP contribution in [0.25, 0.3) is 0 Å². The Labute approximate surface area is 75.0 Å². The largest absolute Gasteiger partial charge is 0.316 e. The van der Waals surface area contributed by atoms with Gasteiger partial charge >= 0.3 is 4.87 Å². The third-order valence-electron chi connectivity index (χ3n) is 2.29. The van der Waals surface area contributed by atoms with Crippen LogP contribution >= 0.6 is 11.3 Å². The molecule has 0 spiro atoms. The van der Waals surface area contributed by atoms with E-state index < -0.39 is 0 Å². The molecule has 1 N–H and O–H groups in total. The fourth-order valence-electron chi connectivity index (χ4n) is 1.33. The summed E-state index contributed by atoms with van der Waals surface area (Å²) in [6.45, 7) is 3.13. The van der Waals surface area contributed by atoms with Gasteiger partial charge < -0.3 is 9.88 Å². The van der Waals surface area contributed by atoms with Gasteiger partial charge in [-0.15, -0.1) is 0 Å². The summed E-state index contributed by atoms with van der Waals surface area (Å²) in [5, 5.41) is 5.07. The number of rotatable bonds is 3. The Balaban J connectivity index is 1.86. The van der Waals surface area contributed by atoms with Gasteiger partial charge in [0.1, 0.15) is 0 Å². The highest BCUT2D eigenvalue weighted by Crippen LogP contribution is 2.08. The van der Waals surface area contributed by atoms with E-state index in [0.29, 0.717) is 0 Å². The maximum atomic E-state index is 11.1. The molecule has 0 unspecified atom stereocenters. The fraction of sp³-hybridized carbons (Fsp3) is 0.625. The van der Waals surface area contributed by atoms with Crippen LogP contribution in [0.4, 0.5) is 0 Å². The lowest BCUT2D eigenvalue weighted by Crippen LogP contribution is -2.42. The lowest BCUT2D eigenvalue weighted by molar-refractivity contribution is 0.311. The van der Waals surface area contributed by atoms with Crippen LogP contribution in [0.2, 0.25) is 0 Å². The quantitative estimate of drug-likeness (QED) is 0.743. The molecule has 0 aromatic carbocycles. The van der Waals surface area contributed by atoms with E-state index in [-0.39, 0.29) is 4.87 Å². The number of nitrogens with zero attached hydrogens (tertiary/aromatic N) is 1. The van der Waals surface area contributed by atoms with E-state index in [2.05, 4.69) is 5.32 Å². The Kier molecular flexibility index (Phi) is 2.28. The molecule has 0 aliphatic carbocycles. The first kappa shape index (κ1) is 8.01. The van der Waals surface area contributed by atoms with Crippen molar-refractivity contribution in [1.29, 1.82) is 0 Å². The average Bonchev–Trinajstić information content (AvgIpc) is 2.33. The van der Waals surface area contributed by atoms with E-state index in [0.717, 1.165) is 32.0 Å². The lowest BCUT2D eigenvalue weighted by atomic mass is 10.00. The second-order valence-corrected chi connectivity index (χ2v) is 4.03. The second-order valence-electron chi connectivity index (χ2n) is 3.18. The van der Waals surface area contributed by atoms with Gasteiger partial charge in [-0.1, -0.05) is 11.3 Å². The maximum absolute atomic E-state index is 11.1. The van der Waals surface area contributed by atoms with Crippen molar-refractivity contribution in [3.8, 4) is 0 Å². The minimum atomic E-state index is 0.169. The molecule has 3 nitrogen and oxygen atoms in total. The summed E-state index contributed by atoms with van der Waals surface area (Å²) in [6, 6.07) is 0. The van der Waals surface area contributed by atoms with Crippen LogP contribution in [0.1, 0.15) is 6.42 Å².